The van der Waals surface area contributed by atoms with Crippen LogP contribution in [0.15, 0.2) is 18.5 Å². The van der Waals surface area contributed by atoms with Gasteiger partial charge in [0.15, 0.2) is 0 Å². The minimum absolute atomic E-state index is 0.375. The standard InChI is InChI=1S/C11H11N3/c1-3-5-14-11(7-12)10-8-13-6-4-9(10)2/h1,4,6,8,11,14H,5H2,2H3. The van der Waals surface area contributed by atoms with Gasteiger partial charge in [0, 0.05) is 18.0 Å². The summed E-state index contributed by atoms with van der Waals surface area (Å²) in [6.45, 7) is 2.32. The molecule has 0 aliphatic heterocycles. The molecule has 1 atom stereocenters. The highest BCUT2D eigenvalue weighted by molar-refractivity contribution is 5.29. The van der Waals surface area contributed by atoms with Crippen molar-refractivity contribution in [2.75, 3.05) is 6.54 Å². The number of nitrogens with one attached hydrogen (secondary N) is 1. The van der Waals surface area contributed by atoms with Crippen LogP contribution in [0.2, 0.25) is 0 Å². The number of aryl methyl sites for hydroxylation is 1. The Hall–Kier alpha value is -1.84. The van der Waals surface area contributed by atoms with Gasteiger partial charge in [-0.05, 0) is 18.6 Å². The normalized spacial score (nSPS) is 11.4. The molecule has 1 N–H and O–H groups in total. The van der Waals surface area contributed by atoms with Crippen LogP contribution in [0.5, 0.6) is 0 Å². The molecule has 3 nitrogen and oxygen atoms in total. The molecule has 0 amide bonds. The second-order valence-electron chi connectivity index (χ2n) is 2.88. The first-order valence-corrected chi connectivity index (χ1v) is 4.26. The van der Waals surface area contributed by atoms with E-state index in [1.54, 1.807) is 12.4 Å². The average molecular weight is 185 g/mol. The van der Waals surface area contributed by atoms with Gasteiger partial charge in [-0.1, -0.05) is 5.92 Å². The number of hydrogen-bond donors (Lipinski definition) is 1. The van der Waals surface area contributed by atoms with E-state index in [1.807, 2.05) is 13.0 Å². The smallest absolute Gasteiger partial charge is 0.123 e. The summed E-state index contributed by atoms with van der Waals surface area (Å²) >= 11 is 0. The molecule has 1 rings (SSSR count). The topological polar surface area (TPSA) is 48.7 Å². The molecule has 0 aliphatic rings. The van der Waals surface area contributed by atoms with Crippen molar-refractivity contribution in [1.29, 1.82) is 5.26 Å². The summed E-state index contributed by atoms with van der Waals surface area (Å²) in [5.41, 5.74) is 1.92. The number of pyridine rings is 1. The van der Waals surface area contributed by atoms with E-state index in [2.05, 4.69) is 22.3 Å². The predicted molar refractivity (Wildman–Crippen MR) is 54.2 cm³/mol. The molecule has 70 valence electrons. The zero-order valence-electron chi connectivity index (χ0n) is 7.99. The van der Waals surface area contributed by atoms with E-state index in [4.69, 9.17) is 11.7 Å². The third-order valence-corrected chi connectivity index (χ3v) is 1.93. The third-order valence-electron chi connectivity index (χ3n) is 1.93. The lowest BCUT2D eigenvalue weighted by Gasteiger charge is -2.11. The molecule has 0 radical (unpaired) electrons. The Labute approximate surface area is 83.8 Å². The molecule has 0 bridgehead atoms. The first kappa shape index (κ1) is 10.2. The van der Waals surface area contributed by atoms with Gasteiger partial charge in [-0.15, -0.1) is 6.42 Å². The maximum Gasteiger partial charge on any atom is 0.123 e. The summed E-state index contributed by atoms with van der Waals surface area (Å²) in [7, 11) is 0. The zero-order valence-corrected chi connectivity index (χ0v) is 7.99. The molecule has 1 unspecified atom stereocenters. The van der Waals surface area contributed by atoms with E-state index >= 15 is 0 Å². The summed E-state index contributed by atoms with van der Waals surface area (Å²) in [5, 5.41) is 11.9. The molecule has 1 heterocycles. The molecule has 0 saturated carbocycles. The molecule has 0 aromatic carbocycles. The highest BCUT2D eigenvalue weighted by atomic mass is 14.9. The van der Waals surface area contributed by atoms with E-state index in [9.17, 15) is 0 Å². The number of rotatable bonds is 3. The van der Waals surface area contributed by atoms with Gasteiger partial charge < -0.3 is 0 Å². The van der Waals surface area contributed by atoms with Crippen molar-refractivity contribution < 1.29 is 0 Å². The van der Waals surface area contributed by atoms with E-state index in [1.165, 1.54) is 0 Å². The highest BCUT2D eigenvalue weighted by Crippen LogP contribution is 2.14. The molecule has 1 aromatic rings. The lowest BCUT2D eigenvalue weighted by atomic mass is 10.1. The maximum atomic E-state index is 8.92. The number of hydrogen-bond acceptors (Lipinski definition) is 3. The molecule has 14 heavy (non-hydrogen) atoms. The van der Waals surface area contributed by atoms with Gasteiger partial charge in [-0.3, -0.25) is 10.3 Å². The fourth-order valence-electron chi connectivity index (χ4n) is 1.16. The number of nitriles is 1. The van der Waals surface area contributed by atoms with Crippen LogP contribution in [0.25, 0.3) is 0 Å². The SMILES string of the molecule is C#CCNC(C#N)c1cnccc1C. The van der Waals surface area contributed by atoms with Gasteiger partial charge in [0.05, 0.1) is 12.6 Å². The van der Waals surface area contributed by atoms with Gasteiger partial charge in [-0.2, -0.15) is 5.26 Å². The Morgan fingerprint density at radius 3 is 3.07 bits per heavy atom. The summed E-state index contributed by atoms with van der Waals surface area (Å²) < 4.78 is 0. The van der Waals surface area contributed by atoms with Crippen LogP contribution < -0.4 is 5.32 Å². The lowest BCUT2D eigenvalue weighted by molar-refractivity contribution is 0.684. The molecule has 0 saturated heterocycles. The Bertz CT molecular complexity index is 384. The van der Waals surface area contributed by atoms with Crippen LogP contribution in [-0.2, 0) is 0 Å². The first-order valence-electron chi connectivity index (χ1n) is 4.26. The van der Waals surface area contributed by atoms with Crippen LogP contribution in [0.3, 0.4) is 0 Å². The van der Waals surface area contributed by atoms with Crippen molar-refractivity contribution in [3.63, 3.8) is 0 Å². The van der Waals surface area contributed by atoms with Crippen molar-refractivity contribution in [3.8, 4) is 18.4 Å². The van der Waals surface area contributed by atoms with Crippen molar-refractivity contribution >= 4 is 0 Å². The van der Waals surface area contributed by atoms with E-state index in [0.717, 1.165) is 11.1 Å². The van der Waals surface area contributed by atoms with Gasteiger partial charge >= 0.3 is 0 Å². The third kappa shape index (κ3) is 2.32. The predicted octanol–water partition coefficient (Wildman–Crippen LogP) is 1.18. The van der Waals surface area contributed by atoms with E-state index in [0.29, 0.717) is 6.54 Å². The average Bonchev–Trinajstić information content (AvgIpc) is 2.21. The largest absolute Gasteiger partial charge is 0.287 e. The number of terminal acetylenes is 1. The van der Waals surface area contributed by atoms with Gasteiger partial charge in [0.1, 0.15) is 6.04 Å². The van der Waals surface area contributed by atoms with E-state index in [-0.39, 0.29) is 6.04 Å². The summed E-state index contributed by atoms with van der Waals surface area (Å²) in [5.74, 6) is 2.44. The molecular formula is C11H11N3. The molecule has 0 fully saturated rings. The van der Waals surface area contributed by atoms with Crippen LogP contribution in [0.4, 0.5) is 0 Å². The van der Waals surface area contributed by atoms with Gasteiger partial charge in [0.2, 0.25) is 0 Å². The van der Waals surface area contributed by atoms with Crippen LogP contribution in [-0.4, -0.2) is 11.5 Å². The fraction of sp³-hybridized carbons (Fsp3) is 0.273. The Balaban J connectivity index is 2.86. The minimum atomic E-state index is -0.375. The fourth-order valence-corrected chi connectivity index (χ4v) is 1.16. The monoisotopic (exact) mass is 185 g/mol. The zero-order chi connectivity index (χ0) is 10.4. The molecule has 0 spiro atoms. The minimum Gasteiger partial charge on any atom is -0.287 e. The Morgan fingerprint density at radius 1 is 1.71 bits per heavy atom. The Morgan fingerprint density at radius 2 is 2.50 bits per heavy atom. The maximum absolute atomic E-state index is 8.92. The first-order chi connectivity index (χ1) is 6.79. The molecule has 0 aliphatic carbocycles. The quantitative estimate of drug-likeness (QED) is 0.719. The molecule has 1 aromatic heterocycles. The summed E-state index contributed by atoms with van der Waals surface area (Å²) in [6.07, 6.45) is 8.50. The van der Waals surface area contributed by atoms with E-state index < -0.39 is 0 Å². The van der Waals surface area contributed by atoms with Crippen molar-refractivity contribution in [3.05, 3.63) is 29.6 Å². The van der Waals surface area contributed by atoms with Crippen molar-refractivity contribution in [2.45, 2.75) is 13.0 Å². The molecular weight excluding hydrogens is 174 g/mol. The van der Waals surface area contributed by atoms with Crippen LogP contribution in [0, 0.1) is 30.6 Å². The number of aromatic nitrogens is 1. The van der Waals surface area contributed by atoms with Gasteiger partial charge in [0.25, 0.3) is 0 Å². The number of nitrogens with zero attached hydrogens (tertiary/aromatic N) is 2. The highest BCUT2D eigenvalue weighted by Gasteiger charge is 2.10. The Kier molecular flexibility index (Phi) is 3.67. The second kappa shape index (κ2) is 5.01. The summed E-state index contributed by atoms with van der Waals surface area (Å²) in [4.78, 5) is 3.98. The van der Waals surface area contributed by atoms with Crippen molar-refractivity contribution in [2.24, 2.45) is 0 Å². The molecule has 3 heteroatoms. The van der Waals surface area contributed by atoms with Crippen LogP contribution in [0.1, 0.15) is 17.2 Å². The second-order valence-corrected chi connectivity index (χ2v) is 2.88. The van der Waals surface area contributed by atoms with Gasteiger partial charge in [-0.25, -0.2) is 0 Å². The summed E-state index contributed by atoms with van der Waals surface area (Å²) in [6, 6.07) is 3.64. The lowest BCUT2D eigenvalue weighted by Crippen LogP contribution is -2.21. The van der Waals surface area contributed by atoms with Crippen LogP contribution >= 0.6 is 0 Å². The van der Waals surface area contributed by atoms with Crippen molar-refractivity contribution in [1.82, 2.24) is 10.3 Å².